The van der Waals surface area contributed by atoms with E-state index in [2.05, 4.69) is 19.9 Å². The first-order valence-corrected chi connectivity index (χ1v) is 6.70. The van der Waals surface area contributed by atoms with Gasteiger partial charge >= 0.3 is 0 Å². The summed E-state index contributed by atoms with van der Waals surface area (Å²) in [6.07, 6.45) is 8.65. The summed E-state index contributed by atoms with van der Waals surface area (Å²) >= 11 is 0. The van der Waals surface area contributed by atoms with Gasteiger partial charge in [0.2, 0.25) is 0 Å². The van der Waals surface area contributed by atoms with Crippen molar-refractivity contribution in [1.82, 2.24) is 0 Å². The molecule has 0 bridgehead atoms. The van der Waals surface area contributed by atoms with Crippen LogP contribution in [0.4, 0.5) is 0 Å². The maximum absolute atomic E-state index is 10.9. The van der Waals surface area contributed by atoms with E-state index in [1.54, 1.807) is 0 Å². The first-order valence-electron chi connectivity index (χ1n) is 6.70. The zero-order valence-corrected chi connectivity index (χ0v) is 10.5. The van der Waals surface area contributed by atoms with Gasteiger partial charge in [0.25, 0.3) is 0 Å². The van der Waals surface area contributed by atoms with Gasteiger partial charge < -0.3 is 9.84 Å². The van der Waals surface area contributed by atoms with E-state index in [1.165, 1.54) is 6.42 Å². The Morgan fingerprint density at radius 1 is 1.38 bits per heavy atom. The van der Waals surface area contributed by atoms with Gasteiger partial charge in [0, 0.05) is 0 Å². The quantitative estimate of drug-likeness (QED) is 0.780. The van der Waals surface area contributed by atoms with Gasteiger partial charge in [-0.25, -0.2) is 0 Å². The van der Waals surface area contributed by atoms with E-state index in [0.29, 0.717) is 11.8 Å². The van der Waals surface area contributed by atoms with E-state index in [0.717, 1.165) is 44.5 Å². The predicted molar refractivity (Wildman–Crippen MR) is 65.0 cm³/mol. The molecule has 92 valence electrons. The second kappa shape index (κ2) is 4.79. The van der Waals surface area contributed by atoms with Crippen molar-refractivity contribution in [2.24, 2.45) is 11.8 Å². The number of ether oxygens (including phenoxy) is 1. The molecule has 2 unspecified atom stereocenters. The molecule has 2 nitrogen and oxygen atoms in total. The highest BCUT2D eigenvalue weighted by molar-refractivity contribution is 5.15. The van der Waals surface area contributed by atoms with Crippen molar-refractivity contribution in [3.63, 3.8) is 0 Å². The second-order valence-corrected chi connectivity index (χ2v) is 5.58. The van der Waals surface area contributed by atoms with Gasteiger partial charge in [-0.3, -0.25) is 0 Å². The van der Waals surface area contributed by atoms with Crippen LogP contribution in [0.3, 0.4) is 0 Å². The van der Waals surface area contributed by atoms with Crippen molar-refractivity contribution in [3.8, 4) is 0 Å². The lowest BCUT2D eigenvalue weighted by Crippen LogP contribution is -2.46. The standard InChI is InChI=1S/C14H24O2/c1-11(2)12-7-3-5-9-14(12,15)13-8-4-6-10-16-13/h8,11-12,15H,3-7,9-10H2,1-2H3. The van der Waals surface area contributed by atoms with E-state index >= 15 is 0 Å². The fourth-order valence-corrected chi connectivity index (χ4v) is 3.23. The van der Waals surface area contributed by atoms with E-state index in [4.69, 9.17) is 4.74 Å². The number of aliphatic hydroxyl groups is 1. The van der Waals surface area contributed by atoms with Gasteiger partial charge in [0.05, 0.1) is 6.61 Å². The molecule has 2 heteroatoms. The van der Waals surface area contributed by atoms with Crippen LogP contribution in [0.5, 0.6) is 0 Å². The highest BCUT2D eigenvalue weighted by Crippen LogP contribution is 2.43. The molecule has 2 rings (SSSR count). The van der Waals surface area contributed by atoms with Crippen LogP contribution >= 0.6 is 0 Å². The SMILES string of the molecule is CC(C)C1CCCCC1(O)C1=CCCCO1. The fraction of sp³-hybridized carbons (Fsp3) is 0.857. The third kappa shape index (κ3) is 2.13. The topological polar surface area (TPSA) is 29.5 Å². The van der Waals surface area contributed by atoms with E-state index in [-0.39, 0.29) is 0 Å². The summed E-state index contributed by atoms with van der Waals surface area (Å²) in [5.74, 6) is 1.76. The minimum absolute atomic E-state index is 0.366. The van der Waals surface area contributed by atoms with Gasteiger partial charge in [-0.2, -0.15) is 0 Å². The molecule has 1 heterocycles. The Morgan fingerprint density at radius 3 is 2.81 bits per heavy atom. The molecule has 0 radical (unpaired) electrons. The lowest BCUT2D eigenvalue weighted by molar-refractivity contribution is -0.0779. The molecule has 0 amide bonds. The molecule has 0 spiro atoms. The summed E-state index contributed by atoms with van der Waals surface area (Å²) in [5, 5.41) is 10.9. The summed E-state index contributed by atoms with van der Waals surface area (Å²) in [4.78, 5) is 0. The van der Waals surface area contributed by atoms with Crippen molar-refractivity contribution < 1.29 is 9.84 Å². The van der Waals surface area contributed by atoms with Gasteiger partial charge in [-0.15, -0.1) is 0 Å². The van der Waals surface area contributed by atoms with E-state index < -0.39 is 5.60 Å². The minimum Gasteiger partial charge on any atom is -0.495 e. The van der Waals surface area contributed by atoms with Crippen molar-refractivity contribution in [1.29, 1.82) is 0 Å². The first kappa shape index (κ1) is 12.0. The average molecular weight is 224 g/mol. The minimum atomic E-state index is -0.674. The molecule has 0 aromatic rings. The predicted octanol–water partition coefficient (Wildman–Crippen LogP) is 3.26. The monoisotopic (exact) mass is 224 g/mol. The van der Waals surface area contributed by atoms with Gasteiger partial charge in [-0.1, -0.05) is 26.7 Å². The molecular formula is C14H24O2. The third-order valence-corrected chi connectivity index (χ3v) is 4.10. The van der Waals surface area contributed by atoms with Gasteiger partial charge in [-0.05, 0) is 43.6 Å². The smallest absolute Gasteiger partial charge is 0.124 e. The van der Waals surface area contributed by atoms with Crippen molar-refractivity contribution in [2.45, 2.75) is 58.0 Å². The maximum Gasteiger partial charge on any atom is 0.124 e. The maximum atomic E-state index is 10.9. The Bertz CT molecular complexity index is 270. The summed E-state index contributed by atoms with van der Waals surface area (Å²) in [6, 6.07) is 0. The molecule has 1 aliphatic heterocycles. The van der Waals surface area contributed by atoms with E-state index in [1.807, 2.05) is 0 Å². The lowest BCUT2D eigenvalue weighted by atomic mass is 9.69. The third-order valence-electron chi connectivity index (χ3n) is 4.10. The Hall–Kier alpha value is -0.500. The summed E-state index contributed by atoms with van der Waals surface area (Å²) in [7, 11) is 0. The molecule has 0 saturated heterocycles. The molecule has 2 aliphatic rings. The largest absolute Gasteiger partial charge is 0.495 e. The molecule has 1 aliphatic carbocycles. The van der Waals surface area contributed by atoms with Crippen LogP contribution in [0.2, 0.25) is 0 Å². The molecule has 1 saturated carbocycles. The number of hydrogen-bond donors (Lipinski definition) is 1. The van der Waals surface area contributed by atoms with Crippen LogP contribution < -0.4 is 0 Å². The zero-order chi connectivity index (χ0) is 11.6. The fourth-order valence-electron chi connectivity index (χ4n) is 3.23. The summed E-state index contributed by atoms with van der Waals surface area (Å²) in [5.41, 5.74) is -0.674. The van der Waals surface area contributed by atoms with Gasteiger partial charge in [0.1, 0.15) is 11.4 Å². The van der Waals surface area contributed by atoms with Crippen LogP contribution in [0.15, 0.2) is 11.8 Å². The average Bonchev–Trinajstić information content (AvgIpc) is 2.30. The molecule has 2 atom stereocenters. The molecule has 16 heavy (non-hydrogen) atoms. The zero-order valence-electron chi connectivity index (χ0n) is 10.5. The Kier molecular flexibility index (Phi) is 3.58. The Labute approximate surface area is 98.7 Å². The van der Waals surface area contributed by atoms with Crippen molar-refractivity contribution in [2.75, 3.05) is 6.61 Å². The number of allylic oxidation sites excluding steroid dienone is 1. The number of rotatable bonds is 2. The molecule has 0 aromatic carbocycles. The van der Waals surface area contributed by atoms with Crippen molar-refractivity contribution >= 4 is 0 Å². The Balaban J connectivity index is 2.21. The van der Waals surface area contributed by atoms with E-state index in [9.17, 15) is 5.11 Å². The molecule has 1 N–H and O–H groups in total. The van der Waals surface area contributed by atoms with Crippen LogP contribution in [0.25, 0.3) is 0 Å². The second-order valence-electron chi connectivity index (χ2n) is 5.58. The molecule has 1 fully saturated rings. The van der Waals surface area contributed by atoms with Crippen LogP contribution in [0, 0.1) is 11.8 Å². The Morgan fingerprint density at radius 2 is 2.19 bits per heavy atom. The van der Waals surface area contributed by atoms with Crippen LogP contribution in [-0.4, -0.2) is 17.3 Å². The van der Waals surface area contributed by atoms with Crippen molar-refractivity contribution in [3.05, 3.63) is 11.8 Å². The normalized spacial score (nSPS) is 35.8. The summed E-state index contributed by atoms with van der Waals surface area (Å²) in [6.45, 7) is 5.20. The van der Waals surface area contributed by atoms with Gasteiger partial charge in [0.15, 0.2) is 0 Å². The highest BCUT2D eigenvalue weighted by Gasteiger charge is 2.44. The highest BCUT2D eigenvalue weighted by atomic mass is 16.5. The summed E-state index contributed by atoms with van der Waals surface area (Å²) < 4.78 is 5.71. The molecular weight excluding hydrogens is 200 g/mol. The number of hydrogen-bond acceptors (Lipinski definition) is 2. The first-order chi connectivity index (χ1) is 7.64. The lowest BCUT2D eigenvalue weighted by Gasteiger charge is -2.44. The van der Waals surface area contributed by atoms with Crippen LogP contribution in [0.1, 0.15) is 52.4 Å². The van der Waals surface area contributed by atoms with Crippen LogP contribution in [-0.2, 0) is 4.74 Å². The molecule has 0 aromatic heterocycles.